The first-order valence-electron chi connectivity index (χ1n) is 9.12. The summed E-state index contributed by atoms with van der Waals surface area (Å²) in [6.45, 7) is 0. The standard InChI is InChI=1S/C22H14ClF2N5O/c23-17-5-6-18(24)15(21(17)25)10-20(31)27-14-4-7-19-16(9-14)22(30-29-19)28-13-3-1-2-12(8-13)11-26/h1-9H,10H2,(H,27,31)(H2,28,29,30). The number of halogens is 3. The second-order valence-corrected chi connectivity index (χ2v) is 7.10. The quantitative estimate of drug-likeness (QED) is 0.370. The van der Waals surface area contributed by atoms with Crippen LogP contribution in [0.4, 0.5) is 26.0 Å². The van der Waals surface area contributed by atoms with Crippen molar-refractivity contribution in [2.75, 3.05) is 10.6 Å². The highest BCUT2D eigenvalue weighted by Crippen LogP contribution is 2.27. The molecule has 0 aliphatic rings. The number of hydrogen-bond acceptors (Lipinski definition) is 4. The zero-order chi connectivity index (χ0) is 22.0. The van der Waals surface area contributed by atoms with E-state index in [-0.39, 0.29) is 5.02 Å². The van der Waals surface area contributed by atoms with Crippen molar-refractivity contribution in [2.24, 2.45) is 0 Å². The topological polar surface area (TPSA) is 93.6 Å². The highest BCUT2D eigenvalue weighted by molar-refractivity contribution is 6.30. The summed E-state index contributed by atoms with van der Waals surface area (Å²) in [6.07, 6.45) is -0.506. The molecular formula is C22H14ClF2N5O. The van der Waals surface area contributed by atoms with Crippen LogP contribution in [-0.2, 0) is 11.2 Å². The second kappa shape index (κ2) is 8.42. The van der Waals surface area contributed by atoms with Crippen LogP contribution in [0, 0.1) is 23.0 Å². The maximum Gasteiger partial charge on any atom is 0.229 e. The first kappa shape index (κ1) is 20.3. The molecule has 0 bridgehead atoms. The van der Waals surface area contributed by atoms with Crippen molar-refractivity contribution in [1.29, 1.82) is 5.26 Å². The number of amides is 1. The van der Waals surface area contributed by atoms with E-state index in [0.717, 1.165) is 12.1 Å². The van der Waals surface area contributed by atoms with Gasteiger partial charge >= 0.3 is 0 Å². The Morgan fingerprint density at radius 1 is 1.13 bits per heavy atom. The van der Waals surface area contributed by atoms with Crippen molar-refractivity contribution < 1.29 is 13.6 Å². The fourth-order valence-electron chi connectivity index (χ4n) is 3.09. The number of anilines is 3. The van der Waals surface area contributed by atoms with Crippen molar-refractivity contribution in [3.63, 3.8) is 0 Å². The Balaban J connectivity index is 1.55. The fourth-order valence-corrected chi connectivity index (χ4v) is 3.26. The first-order chi connectivity index (χ1) is 14.9. The number of aromatic nitrogens is 2. The largest absolute Gasteiger partial charge is 0.338 e. The predicted molar refractivity (Wildman–Crippen MR) is 114 cm³/mol. The van der Waals surface area contributed by atoms with Crippen molar-refractivity contribution in [2.45, 2.75) is 6.42 Å². The van der Waals surface area contributed by atoms with Gasteiger partial charge in [0.1, 0.15) is 11.6 Å². The Kier molecular flexibility index (Phi) is 5.52. The van der Waals surface area contributed by atoms with E-state index in [0.29, 0.717) is 33.7 Å². The van der Waals surface area contributed by atoms with Gasteiger partial charge in [-0.2, -0.15) is 10.4 Å². The highest BCUT2D eigenvalue weighted by Gasteiger charge is 2.17. The molecule has 0 fully saturated rings. The summed E-state index contributed by atoms with van der Waals surface area (Å²) in [5.41, 5.74) is 1.92. The van der Waals surface area contributed by atoms with Crippen molar-refractivity contribution >= 4 is 45.6 Å². The van der Waals surface area contributed by atoms with E-state index in [4.69, 9.17) is 16.9 Å². The lowest BCUT2D eigenvalue weighted by atomic mass is 10.1. The van der Waals surface area contributed by atoms with Gasteiger partial charge in [0.2, 0.25) is 5.91 Å². The minimum absolute atomic E-state index is 0.250. The number of nitriles is 1. The molecule has 4 aromatic rings. The molecule has 0 aliphatic heterocycles. The van der Waals surface area contributed by atoms with E-state index in [2.05, 4.69) is 26.9 Å². The van der Waals surface area contributed by atoms with Crippen LogP contribution in [0.25, 0.3) is 10.9 Å². The Morgan fingerprint density at radius 3 is 2.77 bits per heavy atom. The number of benzene rings is 3. The van der Waals surface area contributed by atoms with E-state index in [9.17, 15) is 13.6 Å². The van der Waals surface area contributed by atoms with Crippen molar-refractivity contribution in [3.05, 3.63) is 82.4 Å². The van der Waals surface area contributed by atoms with E-state index in [1.54, 1.807) is 42.5 Å². The minimum atomic E-state index is -0.951. The van der Waals surface area contributed by atoms with Crippen molar-refractivity contribution in [3.8, 4) is 6.07 Å². The summed E-state index contributed by atoms with van der Waals surface area (Å²) in [4.78, 5) is 12.4. The van der Waals surface area contributed by atoms with Crippen LogP contribution in [0.15, 0.2) is 54.6 Å². The van der Waals surface area contributed by atoms with Gasteiger partial charge in [0.25, 0.3) is 0 Å². The zero-order valence-electron chi connectivity index (χ0n) is 15.8. The van der Waals surface area contributed by atoms with Gasteiger partial charge in [0.05, 0.1) is 28.6 Å². The van der Waals surface area contributed by atoms with Gasteiger partial charge in [-0.3, -0.25) is 9.89 Å². The molecule has 0 atom stereocenters. The molecule has 0 saturated carbocycles. The number of aromatic amines is 1. The molecule has 0 aliphatic carbocycles. The Hall–Kier alpha value is -3.96. The number of nitrogens with zero attached hydrogens (tertiary/aromatic N) is 2. The average molecular weight is 438 g/mol. The fraction of sp³-hybridized carbons (Fsp3) is 0.0455. The van der Waals surface area contributed by atoms with Gasteiger partial charge in [0, 0.05) is 22.3 Å². The molecule has 3 N–H and O–H groups in total. The van der Waals surface area contributed by atoms with Gasteiger partial charge < -0.3 is 10.6 Å². The maximum atomic E-state index is 14.0. The number of carbonyl (C=O) groups is 1. The van der Waals surface area contributed by atoms with Crippen LogP contribution in [0.2, 0.25) is 5.02 Å². The molecular weight excluding hydrogens is 424 g/mol. The lowest BCUT2D eigenvalue weighted by molar-refractivity contribution is -0.115. The van der Waals surface area contributed by atoms with Crippen LogP contribution in [0.3, 0.4) is 0 Å². The van der Waals surface area contributed by atoms with Gasteiger partial charge in [0.15, 0.2) is 5.82 Å². The van der Waals surface area contributed by atoms with Gasteiger partial charge in [-0.25, -0.2) is 8.78 Å². The molecule has 1 heterocycles. The summed E-state index contributed by atoms with van der Waals surface area (Å²) in [5, 5.41) is 22.3. The molecule has 0 unspecified atom stereocenters. The molecule has 154 valence electrons. The van der Waals surface area contributed by atoms with E-state index in [1.165, 1.54) is 0 Å². The molecule has 1 amide bonds. The van der Waals surface area contributed by atoms with Crippen LogP contribution in [0.1, 0.15) is 11.1 Å². The monoisotopic (exact) mass is 437 g/mol. The number of nitrogens with one attached hydrogen (secondary N) is 3. The normalized spacial score (nSPS) is 10.6. The number of fused-ring (bicyclic) bond motifs is 1. The lowest BCUT2D eigenvalue weighted by Crippen LogP contribution is -2.16. The van der Waals surface area contributed by atoms with Gasteiger partial charge in [-0.1, -0.05) is 17.7 Å². The summed E-state index contributed by atoms with van der Waals surface area (Å²) >= 11 is 5.68. The number of rotatable bonds is 5. The third-order valence-electron chi connectivity index (χ3n) is 4.58. The van der Waals surface area contributed by atoms with Crippen LogP contribution in [-0.4, -0.2) is 16.1 Å². The van der Waals surface area contributed by atoms with Gasteiger partial charge in [-0.15, -0.1) is 0 Å². The lowest BCUT2D eigenvalue weighted by Gasteiger charge is -2.09. The van der Waals surface area contributed by atoms with E-state index >= 15 is 0 Å². The summed E-state index contributed by atoms with van der Waals surface area (Å²) in [7, 11) is 0. The number of hydrogen-bond donors (Lipinski definition) is 3. The summed E-state index contributed by atoms with van der Waals surface area (Å²) < 4.78 is 27.9. The Labute approximate surface area is 180 Å². The third-order valence-corrected chi connectivity index (χ3v) is 4.87. The highest BCUT2D eigenvalue weighted by atomic mass is 35.5. The first-order valence-corrected chi connectivity index (χ1v) is 9.50. The third kappa shape index (κ3) is 4.32. The molecule has 0 saturated heterocycles. The van der Waals surface area contributed by atoms with E-state index in [1.807, 2.05) is 0 Å². The number of H-pyrrole nitrogens is 1. The maximum absolute atomic E-state index is 14.0. The smallest absolute Gasteiger partial charge is 0.229 e. The summed E-state index contributed by atoms with van der Waals surface area (Å²) in [6, 6.07) is 16.1. The average Bonchev–Trinajstić information content (AvgIpc) is 3.16. The Bertz CT molecular complexity index is 1350. The summed E-state index contributed by atoms with van der Waals surface area (Å²) in [5.74, 6) is -1.89. The predicted octanol–water partition coefficient (Wildman–Crippen LogP) is 5.29. The molecule has 3 aromatic carbocycles. The van der Waals surface area contributed by atoms with Gasteiger partial charge in [-0.05, 0) is 48.5 Å². The number of carbonyl (C=O) groups excluding carboxylic acids is 1. The molecule has 6 nitrogen and oxygen atoms in total. The molecule has 4 rings (SSSR count). The van der Waals surface area contributed by atoms with Crippen LogP contribution < -0.4 is 10.6 Å². The van der Waals surface area contributed by atoms with Crippen LogP contribution >= 0.6 is 11.6 Å². The SMILES string of the molecule is N#Cc1cccc(Nc2n[nH]c3ccc(NC(=O)Cc4c(F)ccc(Cl)c4F)cc23)c1. The molecule has 31 heavy (non-hydrogen) atoms. The Morgan fingerprint density at radius 2 is 1.97 bits per heavy atom. The zero-order valence-corrected chi connectivity index (χ0v) is 16.6. The molecule has 0 spiro atoms. The molecule has 9 heteroatoms. The minimum Gasteiger partial charge on any atom is -0.338 e. The molecule has 0 radical (unpaired) electrons. The second-order valence-electron chi connectivity index (χ2n) is 6.70. The van der Waals surface area contributed by atoms with E-state index < -0.39 is 29.5 Å². The van der Waals surface area contributed by atoms with Crippen LogP contribution in [0.5, 0.6) is 0 Å². The molecule has 1 aromatic heterocycles. The van der Waals surface area contributed by atoms with Crippen molar-refractivity contribution in [1.82, 2.24) is 10.2 Å².